The Balaban J connectivity index is 2.03. The number of hydrogen-bond donors (Lipinski definition) is 3. The van der Waals surface area contributed by atoms with Crippen molar-refractivity contribution in [3.05, 3.63) is 47.7 Å². The van der Waals surface area contributed by atoms with Crippen molar-refractivity contribution >= 4 is 11.7 Å². The van der Waals surface area contributed by atoms with Gasteiger partial charge in [0.05, 0.1) is 12.4 Å². The first-order valence-corrected chi connectivity index (χ1v) is 5.67. The molecule has 0 bridgehead atoms. The summed E-state index contributed by atoms with van der Waals surface area (Å²) in [6.07, 6.45) is 6.25. The van der Waals surface area contributed by atoms with Crippen molar-refractivity contribution < 1.29 is 4.79 Å². The fraction of sp³-hybridized carbons (Fsp3) is 0.167. The van der Waals surface area contributed by atoms with Crippen molar-refractivity contribution in [1.82, 2.24) is 20.3 Å². The van der Waals surface area contributed by atoms with Crippen LogP contribution in [0.5, 0.6) is 0 Å². The van der Waals surface area contributed by atoms with Crippen LogP contribution in [0.1, 0.15) is 21.6 Å². The Morgan fingerprint density at radius 3 is 2.89 bits per heavy atom. The highest BCUT2D eigenvalue weighted by Gasteiger charge is 2.09. The van der Waals surface area contributed by atoms with Gasteiger partial charge in [0.25, 0.3) is 5.91 Å². The van der Waals surface area contributed by atoms with Crippen LogP contribution in [0.3, 0.4) is 0 Å². The number of rotatable bonds is 4. The summed E-state index contributed by atoms with van der Waals surface area (Å²) in [5, 5.41) is 2.76. The molecule has 2 rings (SSSR count). The van der Waals surface area contributed by atoms with Crippen LogP contribution in [0.15, 0.2) is 30.9 Å². The molecule has 0 radical (unpaired) electrons. The van der Waals surface area contributed by atoms with Crippen molar-refractivity contribution in [2.75, 3.05) is 5.43 Å². The lowest BCUT2D eigenvalue weighted by atomic mass is 10.1. The highest BCUT2D eigenvalue weighted by Crippen LogP contribution is 2.05. The van der Waals surface area contributed by atoms with E-state index in [9.17, 15) is 4.79 Å². The number of carbonyl (C=O) groups excluding carboxylic acids is 1. The zero-order chi connectivity index (χ0) is 13.7. The molecule has 0 aliphatic heterocycles. The van der Waals surface area contributed by atoms with Crippen LogP contribution < -0.4 is 16.6 Å². The molecule has 0 aromatic carbocycles. The van der Waals surface area contributed by atoms with Crippen LogP contribution >= 0.6 is 0 Å². The largest absolute Gasteiger partial charge is 0.347 e. The molecule has 0 atom stereocenters. The minimum atomic E-state index is -0.312. The summed E-state index contributed by atoms with van der Waals surface area (Å²) < 4.78 is 0. The molecular formula is C12H14N6O. The van der Waals surface area contributed by atoms with E-state index in [-0.39, 0.29) is 11.6 Å². The number of carbonyl (C=O) groups is 1. The first kappa shape index (κ1) is 12.9. The lowest BCUT2D eigenvalue weighted by Crippen LogP contribution is -2.25. The number of pyridine rings is 1. The van der Waals surface area contributed by atoms with Crippen molar-refractivity contribution in [3.63, 3.8) is 0 Å². The quantitative estimate of drug-likeness (QED) is 0.541. The maximum Gasteiger partial charge on any atom is 0.271 e. The normalized spacial score (nSPS) is 10.0. The van der Waals surface area contributed by atoms with Crippen molar-refractivity contribution in [3.8, 4) is 0 Å². The second kappa shape index (κ2) is 5.87. The van der Waals surface area contributed by atoms with Gasteiger partial charge in [-0.2, -0.15) is 0 Å². The molecule has 7 nitrogen and oxygen atoms in total. The lowest BCUT2D eigenvalue weighted by Gasteiger charge is -2.07. The van der Waals surface area contributed by atoms with E-state index in [0.29, 0.717) is 12.4 Å². The van der Waals surface area contributed by atoms with Crippen molar-refractivity contribution in [1.29, 1.82) is 0 Å². The summed E-state index contributed by atoms with van der Waals surface area (Å²) in [6.45, 7) is 2.35. The van der Waals surface area contributed by atoms with Gasteiger partial charge in [-0.25, -0.2) is 10.8 Å². The molecule has 0 saturated carbocycles. The average molecular weight is 258 g/mol. The molecule has 2 aromatic heterocycles. The number of nitrogens with two attached hydrogens (primary N) is 1. The van der Waals surface area contributed by atoms with Gasteiger partial charge in [0.2, 0.25) is 0 Å². The van der Waals surface area contributed by atoms with Gasteiger partial charge in [-0.15, -0.1) is 0 Å². The molecule has 19 heavy (non-hydrogen) atoms. The van der Waals surface area contributed by atoms with Crippen LogP contribution in [0.4, 0.5) is 5.82 Å². The van der Waals surface area contributed by atoms with Crippen molar-refractivity contribution in [2.24, 2.45) is 5.84 Å². The molecule has 4 N–H and O–H groups in total. The van der Waals surface area contributed by atoms with E-state index >= 15 is 0 Å². The van der Waals surface area contributed by atoms with Gasteiger partial charge in [0.15, 0.2) is 5.82 Å². The Labute approximate surface area is 110 Å². The zero-order valence-corrected chi connectivity index (χ0v) is 10.4. The fourth-order valence-corrected chi connectivity index (χ4v) is 1.49. The number of nitrogens with one attached hydrogen (secondary N) is 2. The third kappa shape index (κ3) is 3.23. The fourth-order valence-electron chi connectivity index (χ4n) is 1.49. The average Bonchev–Trinajstić information content (AvgIpc) is 2.46. The number of anilines is 1. The Kier molecular flexibility index (Phi) is 3.99. The van der Waals surface area contributed by atoms with Gasteiger partial charge in [-0.1, -0.05) is 0 Å². The van der Waals surface area contributed by atoms with Gasteiger partial charge < -0.3 is 10.7 Å². The molecule has 0 fully saturated rings. The number of amides is 1. The van der Waals surface area contributed by atoms with E-state index in [2.05, 4.69) is 25.7 Å². The number of nitrogens with zero attached hydrogens (tertiary/aromatic N) is 3. The molecular weight excluding hydrogens is 244 g/mol. The Morgan fingerprint density at radius 1 is 1.32 bits per heavy atom. The van der Waals surface area contributed by atoms with Crippen LogP contribution in [0, 0.1) is 6.92 Å². The third-order valence-corrected chi connectivity index (χ3v) is 2.60. The maximum absolute atomic E-state index is 11.9. The highest BCUT2D eigenvalue weighted by atomic mass is 16.1. The van der Waals surface area contributed by atoms with E-state index in [0.717, 1.165) is 11.1 Å². The van der Waals surface area contributed by atoms with Gasteiger partial charge in [0, 0.05) is 18.9 Å². The van der Waals surface area contributed by atoms with Crippen LogP contribution in [-0.4, -0.2) is 20.9 Å². The Hall–Kier alpha value is -2.54. The first-order valence-electron chi connectivity index (χ1n) is 5.67. The predicted molar refractivity (Wildman–Crippen MR) is 70.0 cm³/mol. The molecule has 2 aromatic rings. The summed E-state index contributed by atoms with van der Waals surface area (Å²) in [5.74, 6) is 5.24. The number of nitrogen functional groups attached to an aromatic ring is 1. The summed E-state index contributed by atoms with van der Waals surface area (Å²) in [7, 11) is 0. The van der Waals surface area contributed by atoms with Gasteiger partial charge >= 0.3 is 0 Å². The second-order valence-electron chi connectivity index (χ2n) is 3.92. The van der Waals surface area contributed by atoms with Crippen LogP contribution in [0.25, 0.3) is 0 Å². The molecule has 0 saturated heterocycles. The van der Waals surface area contributed by atoms with Crippen LogP contribution in [0.2, 0.25) is 0 Å². The van der Waals surface area contributed by atoms with Gasteiger partial charge in [-0.05, 0) is 24.1 Å². The number of hydrazine groups is 1. The molecule has 98 valence electrons. The van der Waals surface area contributed by atoms with E-state index in [1.807, 2.05) is 13.0 Å². The zero-order valence-electron chi connectivity index (χ0n) is 10.4. The Morgan fingerprint density at radius 2 is 2.16 bits per heavy atom. The minimum Gasteiger partial charge on any atom is -0.347 e. The molecule has 0 spiro atoms. The SMILES string of the molecule is Cc1ccncc1CNC(=O)c1cncc(NN)n1. The summed E-state index contributed by atoms with van der Waals surface area (Å²) in [4.78, 5) is 23.8. The second-order valence-corrected chi connectivity index (χ2v) is 3.92. The van der Waals surface area contributed by atoms with Crippen LogP contribution in [-0.2, 0) is 6.54 Å². The minimum absolute atomic E-state index is 0.206. The van der Waals surface area contributed by atoms with E-state index in [1.54, 1.807) is 12.4 Å². The molecule has 1 amide bonds. The summed E-state index contributed by atoms with van der Waals surface area (Å²) >= 11 is 0. The monoisotopic (exact) mass is 258 g/mol. The van der Waals surface area contributed by atoms with E-state index in [1.165, 1.54) is 12.4 Å². The molecule has 0 aliphatic rings. The standard InChI is InChI=1S/C12H14N6O/c1-8-2-3-14-4-9(8)5-16-12(19)10-6-15-7-11(17-10)18-13/h2-4,6-7H,5,13H2,1H3,(H,16,19)(H,17,18). The van der Waals surface area contributed by atoms with Gasteiger partial charge in [-0.3, -0.25) is 14.8 Å². The molecule has 2 heterocycles. The topological polar surface area (TPSA) is 106 Å². The highest BCUT2D eigenvalue weighted by molar-refractivity contribution is 5.92. The first-order chi connectivity index (χ1) is 9.20. The lowest BCUT2D eigenvalue weighted by molar-refractivity contribution is 0.0945. The third-order valence-electron chi connectivity index (χ3n) is 2.60. The number of aromatic nitrogens is 3. The summed E-state index contributed by atoms with van der Waals surface area (Å²) in [5.41, 5.74) is 4.57. The van der Waals surface area contributed by atoms with E-state index < -0.39 is 0 Å². The Bertz CT molecular complexity index is 586. The number of hydrogen-bond acceptors (Lipinski definition) is 6. The summed E-state index contributed by atoms with van der Waals surface area (Å²) in [6, 6.07) is 1.89. The molecule has 7 heteroatoms. The van der Waals surface area contributed by atoms with Crippen molar-refractivity contribution in [2.45, 2.75) is 13.5 Å². The maximum atomic E-state index is 11.9. The predicted octanol–water partition coefficient (Wildman–Crippen LogP) is 0.396. The van der Waals surface area contributed by atoms with Gasteiger partial charge in [0.1, 0.15) is 5.69 Å². The molecule has 0 aliphatic carbocycles. The smallest absolute Gasteiger partial charge is 0.271 e. The number of aryl methyl sites for hydroxylation is 1. The van der Waals surface area contributed by atoms with E-state index in [4.69, 9.17) is 5.84 Å². The molecule has 0 unspecified atom stereocenters.